The molecule has 1 aromatic heterocycles. The summed E-state index contributed by atoms with van der Waals surface area (Å²) in [7, 11) is 0. The molecule has 0 fully saturated rings. The molecule has 0 radical (unpaired) electrons. The Morgan fingerprint density at radius 2 is 1.59 bits per heavy atom. The minimum absolute atomic E-state index is 0.375. The lowest BCUT2D eigenvalue weighted by molar-refractivity contribution is 0.0735. The molecule has 0 aliphatic rings. The summed E-state index contributed by atoms with van der Waals surface area (Å²) in [5.41, 5.74) is 4.97. The van der Waals surface area contributed by atoms with Crippen LogP contribution in [0.1, 0.15) is 21.5 Å². The van der Waals surface area contributed by atoms with Crippen molar-refractivity contribution in [1.29, 1.82) is 0 Å². The number of aryl methyl sites for hydroxylation is 2. The van der Waals surface area contributed by atoms with E-state index in [0.29, 0.717) is 11.3 Å². The summed E-state index contributed by atoms with van der Waals surface area (Å²) >= 11 is 0. The number of ether oxygens (including phenoxy) is 1. The molecule has 0 saturated carbocycles. The molecule has 0 amide bonds. The summed E-state index contributed by atoms with van der Waals surface area (Å²) in [5, 5.41) is 0.785. The van der Waals surface area contributed by atoms with Crippen molar-refractivity contribution in [3.8, 4) is 17.0 Å². The van der Waals surface area contributed by atoms with Gasteiger partial charge in [-0.1, -0.05) is 60.7 Å². The van der Waals surface area contributed by atoms with Gasteiger partial charge in [0.05, 0.1) is 16.8 Å². The first-order chi connectivity index (χ1) is 13.1. The number of benzene rings is 3. The van der Waals surface area contributed by atoms with E-state index in [9.17, 15) is 4.79 Å². The van der Waals surface area contributed by atoms with E-state index in [4.69, 9.17) is 9.72 Å². The molecule has 3 nitrogen and oxygen atoms in total. The average Bonchev–Trinajstić information content (AvgIpc) is 2.70. The molecule has 4 aromatic rings. The highest BCUT2D eigenvalue weighted by molar-refractivity contribution is 6.05. The van der Waals surface area contributed by atoms with Crippen molar-refractivity contribution in [2.45, 2.75) is 13.8 Å². The highest BCUT2D eigenvalue weighted by atomic mass is 16.5. The van der Waals surface area contributed by atoms with Crippen molar-refractivity contribution in [2.75, 3.05) is 0 Å². The van der Waals surface area contributed by atoms with E-state index >= 15 is 0 Å². The van der Waals surface area contributed by atoms with Gasteiger partial charge in [0.25, 0.3) is 0 Å². The third-order valence-electron chi connectivity index (χ3n) is 4.55. The topological polar surface area (TPSA) is 39.2 Å². The van der Waals surface area contributed by atoms with E-state index < -0.39 is 0 Å². The number of hydrogen-bond acceptors (Lipinski definition) is 3. The standard InChI is InChI=1S/C24H19NO2/c1-16-12-13-17(2)23(14-16)27-24(26)20-15-22(18-8-4-3-5-9-18)25-21-11-7-6-10-19(20)21/h3-15H,1-2H3. The van der Waals surface area contributed by atoms with Gasteiger partial charge in [-0.15, -0.1) is 0 Å². The quantitative estimate of drug-likeness (QED) is 0.348. The van der Waals surface area contributed by atoms with Crippen LogP contribution in [0.4, 0.5) is 0 Å². The maximum atomic E-state index is 13.0. The molecule has 0 saturated heterocycles. The van der Waals surface area contributed by atoms with E-state index in [2.05, 4.69) is 0 Å². The van der Waals surface area contributed by atoms with Crippen molar-refractivity contribution < 1.29 is 9.53 Å². The van der Waals surface area contributed by atoms with Gasteiger partial charge in [-0.3, -0.25) is 0 Å². The molecule has 0 atom stereocenters. The molecule has 3 aromatic carbocycles. The second kappa shape index (κ2) is 7.04. The Hall–Kier alpha value is -3.46. The molecule has 0 aliphatic heterocycles. The molecule has 27 heavy (non-hydrogen) atoms. The summed E-state index contributed by atoms with van der Waals surface area (Å²) in [4.78, 5) is 17.7. The van der Waals surface area contributed by atoms with E-state index in [-0.39, 0.29) is 5.97 Å². The van der Waals surface area contributed by atoms with Crippen molar-refractivity contribution in [1.82, 2.24) is 4.98 Å². The Balaban J connectivity index is 1.82. The van der Waals surface area contributed by atoms with Crippen LogP contribution in [0.15, 0.2) is 78.9 Å². The van der Waals surface area contributed by atoms with Gasteiger partial charge in [-0.05, 0) is 43.2 Å². The second-order valence-electron chi connectivity index (χ2n) is 6.60. The fourth-order valence-electron chi connectivity index (χ4n) is 3.07. The van der Waals surface area contributed by atoms with Crippen LogP contribution in [0, 0.1) is 13.8 Å². The fourth-order valence-corrected chi connectivity index (χ4v) is 3.07. The van der Waals surface area contributed by atoms with Gasteiger partial charge < -0.3 is 4.74 Å². The van der Waals surface area contributed by atoms with Gasteiger partial charge in [0.2, 0.25) is 0 Å². The lowest BCUT2D eigenvalue weighted by atomic mass is 10.0. The summed E-state index contributed by atoms with van der Waals surface area (Å²) in [5.74, 6) is 0.210. The molecule has 4 rings (SSSR count). The van der Waals surface area contributed by atoms with Gasteiger partial charge in [0, 0.05) is 10.9 Å². The summed E-state index contributed by atoms with van der Waals surface area (Å²) in [6.45, 7) is 3.91. The molecule has 0 N–H and O–H groups in total. The number of esters is 1. The Kier molecular flexibility index (Phi) is 4.43. The maximum absolute atomic E-state index is 13.0. The lowest BCUT2D eigenvalue weighted by Crippen LogP contribution is -2.11. The van der Waals surface area contributed by atoms with E-state index in [1.807, 2.05) is 92.7 Å². The van der Waals surface area contributed by atoms with Gasteiger partial charge >= 0.3 is 5.97 Å². The molecule has 0 bridgehead atoms. The van der Waals surface area contributed by atoms with Crippen LogP contribution in [0.3, 0.4) is 0 Å². The Bertz CT molecular complexity index is 1130. The number of carbonyl (C=O) groups is 1. The van der Waals surface area contributed by atoms with Gasteiger partial charge in [0.1, 0.15) is 5.75 Å². The summed E-state index contributed by atoms with van der Waals surface area (Å²) in [6, 6.07) is 25.1. The molecular weight excluding hydrogens is 334 g/mol. The van der Waals surface area contributed by atoms with Crippen LogP contribution in [0.2, 0.25) is 0 Å². The third-order valence-corrected chi connectivity index (χ3v) is 4.55. The molecule has 1 heterocycles. The van der Waals surface area contributed by atoms with Gasteiger partial charge in [-0.25, -0.2) is 9.78 Å². The predicted octanol–water partition coefficient (Wildman–Crippen LogP) is 5.74. The van der Waals surface area contributed by atoms with E-state index in [1.54, 1.807) is 0 Å². The number of fused-ring (bicyclic) bond motifs is 1. The largest absolute Gasteiger partial charge is 0.423 e. The van der Waals surface area contributed by atoms with Crippen LogP contribution < -0.4 is 4.74 Å². The van der Waals surface area contributed by atoms with Crippen molar-refractivity contribution in [3.63, 3.8) is 0 Å². The monoisotopic (exact) mass is 353 g/mol. The number of para-hydroxylation sites is 1. The zero-order chi connectivity index (χ0) is 18.8. The molecule has 132 valence electrons. The number of hydrogen-bond donors (Lipinski definition) is 0. The zero-order valence-electron chi connectivity index (χ0n) is 15.3. The first-order valence-electron chi connectivity index (χ1n) is 8.86. The zero-order valence-corrected chi connectivity index (χ0v) is 15.3. The minimum atomic E-state index is -0.375. The molecule has 3 heteroatoms. The van der Waals surface area contributed by atoms with Gasteiger partial charge in [0.15, 0.2) is 0 Å². The maximum Gasteiger partial charge on any atom is 0.344 e. The van der Waals surface area contributed by atoms with Crippen molar-refractivity contribution in [3.05, 3.63) is 95.6 Å². The van der Waals surface area contributed by atoms with Crippen LogP contribution >= 0.6 is 0 Å². The fraction of sp³-hybridized carbons (Fsp3) is 0.0833. The van der Waals surface area contributed by atoms with Gasteiger partial charge in [-0.2, -0.15) is 0 Å². The third kappa shape index (κ3) is 3.44. The molecular formula is C24H19NO2. The van der Waals surface area contributed by atoms with Crippen LogP contribution in [0.5, 0.6) is 5.75 Å². The van der Waals surface area contributed by atoms with Crippen LogP contribution in [0.25, 0.3) is 22.2 Å². The van der Waals surface area contributed by atoms with Crippen LogP contribution in [-0.4, -0.2) is 11.0 Å². The molecule has 0 aliphatic carbocycles. The number of nitrogens with zero attached hydrogens (tertiary/aromatic N) is 1. The number of aromatic nitrogens is 1. The van der Waals surface area contributed by atoms with E-state index in [0.717, 1.165) is 33.3 Å². The lowest BCUT2D eigenvalue weighted by Gasteiger charge is -2.11. The minimum Gasteiger partial charge on any atom is -0.423 e. The average molecular weight is 353 g/mol. The summed E-state index contributed by atoms with van der Waals surface area (Å²) in [6.07, 6.45) is 0. The van der Waals surface area contributed by atoms with Crippen LogP contribution in [-0.2, 0) is 0 Å². The SMILES string of the molecule is Cc1ccc(C)c(OC(=O)c2cc(-c3ccccc3)nc3ccccc23)c1. The smallest absolute Gasteiger partial charge is 0.344 e. The number of pyridine rings is 1. The normalized spacial score (nSPS) is 10.7. The summed E-state index contributed by atoms with van der Waals surface area (Å²) < 4.78 is 5.74. The number of rotatable bonds is 3. The van der Waals surface area contributed by atoms with Crippen molar-refractivity contribution >= 4 is 16.9 Å². The Morgan fingerprint density at radius 1 is 0.852 bits per heavy atom. The Labute approximate surface area is 158 Å². The first kappa shape index (κ1) is 17.0. The highest BCUT2D eigenvalue weighted by Gasteiger charge is 2.16. The van der Waals surface area contributed by atoms with E-state index in [1.165, 1.54) is 0 Å². The first-order valence-corrected chi connectivity index (χ1v) is 8.86. The molecule has 0 spiro atoms. The predicted molar refractivity (Wildman–Crippen MR) is 108 cm³/mol. The molecule has 0 unspecified atom stereocenters. The van der Waals surface area contributed by atoms with Crippen molar-refractivity contribution in [2.24, 2.45) is 0 Å². The Morgan fingerprint density at radius 3 is 2.41 bits per heavy atom. The second-order valence-corrected chi connectivity index (χ2v) is 6.60. The highest BCUT2D eigenvalue weighted by Crippen LogP contribution is 2.27. The number of carbonyl (C=O) groups excluding carboxylic acids is 1.